The second kappa shape index (κ2) is 7.38. The van der Waals surface area contributed by atoms with Crippen LogP contribution in [0.5, 0.6) is 0 Å². The number of carbonyl (C=O) groups is 1. The van der Waals surface area contributed by atoms with E-state index in [-0.39, 0.29) is 5.91 Å². The van der Waals surface area contributed by atoms with Gasteiger partial charge in [-0.3, -0.25) is 9.63 Å². The van der Waals surface area contributed by atoms with E-state index < -0.39 is 0 Å². The van der Waals surface area contributed by atoms with Crippen molar-refractivity contribution < 1.29 is 9.63 Å². The highest BCUT2D eigenvalue weighted by molar-refractivity contribution is 5.93. The average molecular weight is 307 g/mol. The molecule has 1 N–H and O–H groups in total. The van der Waals surface area contributed by atoms with Crippen molar-refractivity contribution in [3.63, 3.8) is 0 Å². The summed E-state index contributed by atoms with van der Waals surface area (Å²) in [6.45, 7) is 0.633. The highest BCUT2D eigenvalue weighted by atomic mass is 16.7. The molecule has 5 heteroatoms. The summed E-state index contributed by atoms with van der Waals surface area (Å²) in [6, 6.07) is 18.8. The van der Waals surface area contributed by atoms with Crippen molar-refractivity contribution in [2.24, 2.45) is 0 Å². The number of carbonyl (C=O) groups excluding carboxylic acids is 1. The zero-order chi connectivity index (χ0) is 15.9. The number of amides is 1. The van der Waals surface area contributed by atoms with Crippen molar-refractivity contribution >= 4 is 5.91 Å². The van der Waals surface area contributed by atoms with E-state index in [1.165, 1.54) is 5.06 Å². The molecule has 1 heterocycles. The van der Waals surface area contributed by atoms with Crippen LogP contribution in [0, 0.1) is 0 Å². The van der Waals surface area contributed by atoms with Gasteiger partial charge in [0.25, 0.3) is 5.91 Å². The van der Waals surface area contributed by atoms with Crippen molar-refractivity contribution in [2.45, 2.75) is 13.2 Å². The monoisotopic (exact) mass is 307 g/mol. The fraction of sp³-hybridized carbons (Fsp3) is 0.111. The van der Waals surface area contributed by atoms with E-state index in [2.05, 4.69) is 9.97 Å². The van der Waals surface area contributed by atoms with Crippen LogP contribution in [-0.2, 0) is 18.0 Å². The van der Waals surface area contributed by atoms with Gasteiger partial charge in [-0.1, -0.05) is 48.5 Å². The van der Waals surface area contributed by atoms with Crippen LogP contribution in [0.1, 0.15) is 21.6 Å². The van der Waals surface area contributed by atoms with Crippen LogP contribution in [-0.4, -0.2) is 20.9 Å². The van der Waals surface area contributed by atoms with Crippen LogP contribution < -0.4 is 0 Å². The van der Waals surface area contributed by atoms with E-state index >= 15 is 0 Å². The van der Waals surface area contributed by atoms with Crippen LogP contribution in [0.4, 0.5) is 0 Å². The van der Waals surface area contributed by atoms with Gasteiger partial charge in [-0.15, -0.1) is 0 Å². The van der Waals surface area contributed by atoms with Crippen molar-refractivity contribution in [2.75, 3.05) is 0 Å². The number of nitrogens with zero attached hydrogens (tertiary/aromatic N) is 2. The highest BCUT2D eigenvalue weighted by Gasteiger charge is 2.17. The third kappa shape index (κ3) is 4.05. The minimum atomic E-state index is -0.184. The van der Waals surface area contributed by atoms with Gasteiger partial charge < -0.3 is 4.98 Å². The number of hydrogen-bond acceptors (Lipinski definition) is 3. The fourth-order valence-electron chi connectivity index (χ4n) is 2.15. The maximum Gasteiger partial charge on any atom is 0.277 e. The predicted octanol–water partition coefficient (Wildman–Crippen LogP) is 3.18. The van der Waals surface area contributed by atoms with Crippen LogP contribution in [0.25, 0.3) is 0 Å². The molecule has 3 rings (SSSR count). The summed E-state index contributed by atoms with van der Waals surface area (Å²) in [6.07, 6.45) is 3.26. The molecule has 1 aromatic heterocycles. The van der Waals surface area contributed by atoms with Crippen LogP contribution in [0.15, 0.2) is 73.2 Å². The van der Waals surface area contributed by atoms with E-state index in [1.54, 1.807) is 24.7 Å². The summed E-state index contributed by atoms with van der Waals surface area (Å²) in [4.78, 5) is 25.4. The molecule has 0 aliphatic rings. The number of nitrogens with one attached hydrogen (secondary N) is 1. The maximum atomic E-state index is 12.7. The second-order valence-corrected chi connectivity index (χ2v) is 5.04. The lowest BCUT2D eigenvalue weighted by molar-refractivity contribution is -0.140. The van der Waals surface area contributed by atoms with Gasteiger partial charge in [-0.05, 0) is 17.7 Å². The number of hydrogen-bond donors (Lipinski definition) is 1. The van der Waals surface area contributed by atoms with Crippen LogP contribution in [0.2, 0.25) is 0 Å². The molecule has 116 valence electrons. The molecule has 2 aromatic carbocycles. The largest absolute Gasteiger partial charge is 0.347 e. The fourth-order valence-corrected chi connectivity index (χ4v) is 2.15. The van der Waals surface area contributed by atoms with Crippen molar-refractivity contribution in [1.29, 1.82) is 0 Å². The number of benzene rings is 2. The Morgan fingerprint density at radius 3 is 2.39 bits per heavy atom. The molecule has 0 bridgehead atoms. The Morgan fingerprint density at radius 1 is 1.04 bits per heavy atom. The molecule has 0 saturated heterocycles. The Labute approximate surface area is 134 Å². The first-order valence-corrected chi connectivity index (χ1v) is 7.34. The first-order chi connectivity index (χ1) is 11.3. The maximum absolute atomic E-state index is 12.7. The quantitative estimate of drug-likeness (QED) is 0.712. The number of H-pyrrole nitrogens is 1. The summed E-state index contributed by atoms with van der Waals surface area (Å²) in [7, 11) is 0. The first kappa shape index (κ1) is 15.0. The van der Waals surface area contributed by atoms with E-state index in [9.17, 15) is 4.79 Å². The molecule has 0 unspecified atom stereocenters. The number of imidazole rings is 1. The number of aromatic amines is 1. The topological polar surface area (TPSA) is 58.2 Å². The summed E-state index contributed by atoms with van der Waals surface area (Å²) in [5.41, 5.74) is 2.39. The lowest BCUT2D eigenvalue weighted by Crippen LogP contribution is -2.30. The molecule has 23 heavy (non-hydrogen) atoms. The van der Waals surface area contributed by atoms with Crippen molar-refractivity contribution in [3.05, 3.63) is 90.0 Å². The third-order valence-corrected chi connectivity index (χ3v) is 3.35. The standard InChI is InChI=1S/C18H17N3O2/c22-18(16-9-5-2-6-10-16)21(12-17-11-19-14-20-17)23-13-15-7-3-1-4-8-15/h1-11,14H,12-13H2,(H,19,20). The zero-order valence-electron chi connectivity index (χ0n) is 12.6. The second-order valence-electron chi connectivity index (χ2n) is 5.04. The van der Waals surface area contributed by atoms with E-state index in [4.69, 9.17) is 4.84 Å². The molecular formula is C18H17N3O2. The number of rotatable bonds is 6. The average Bonchev–Trinajstić information content (AvgIpc) is 3.13. The van der Waals surface area contributed by atoms with Gasteiger partial charge in [0, 0.05) is 11.8 Å². The number of aromatic nitrogens is 2. The summed E-state index contributed by atoms with van der Waals surface area (Å²) in [5, 5.41) is 1.36. The smallest absolute Gasteiger partial charge is 0.277 e. The highest BCUT2D eigenvalue weighted by Crippen LogP contribution is 2.11. The molecule has 0 atom stereocenters. The van der Waals surface area contributed by atoms with E-state index in [1.807, 2.05) is 48.5 Å². The Hall–Kier alpha value is -2.92. The molecule has 3 aromatic rings. The lowest BCUT2D eigenvalue weighted by Gasteiger charge is -2.21. The van der Waals surface area contributed by atoms with Crippen molar-refractivity contribution in [1.82, 2.24) is 15.0 Å². The summed E-state index contributed by atoms with van der Waals surface area (Å²) in [5.74, 6) is -0.184. The Morgan fingerprint density at radius 2 is 1.74 bits per heavy atom. The normalized spacial score (nSPS) is 10.4. The number of hydroxylamine groups is 2. The first-order valence-electron chi connectivity index (χ1n) is 7.34. The summed E-state index contributed by atoms with van der Waals surface area (Å²) < 4.78 is 0. The van der Waals surface area contributed by atoms with Gasteiger partial charge in [0.1, 0.15) is 6.61 Å². The third-order valence-electron chi connectivity index (χ3n) is 3.35. The zero-order valence-corrected chi connectivity index (χ0v) is 12.6. The van der Waals surface area contributed by atoms with Crippen molar-refractivity contribution in [3.8, 4) is 0 Å². The van der Waals surface area contributed by atoms with Crippen LogP contribution in [0.3, 0.4) is 0 Å². The van der Waals surface area contributed by atoms with Gasteiger partial charge >= 0.3 is 0 Å². The molecular weight excluding hydrogens is 290 g/mol. The summed E-state index contributed by atoms with van der Waals surface area (Å²) >= 11 is 0. The predicted molar refractivity (Wildman–Crippen MR) is 86.1 cm³/mol. The minimum absolute atomic E-state index is 0.184. The molecule has 5 nitrogen and oxygen atoms in total. The molecule has 0 aliphatic carbocycles. The van der Waals surface area contributed by atoms with Gasteiger partial charge in [-0.2, -0.15) is 0 Å². The van der Waals surface area contributed by atoms with Gasteiger partial charge in [0.05, 0.1) is 18.6 Å². The molecule has 0 fully saturated rings. The molecule has 0 saturated carbocycles. The molecule has 1 amide bonds. The Bertz CT molecular complexity index is 727. The Balaban J connectivity index is 1.74. The van der Waals surface area contributed by atoms with Gasteiger partial charge in [0.15, 0.2) is 0 Å². The molecule has 0 radical (unpaired) electrons. The lowest BCUT2D eigenvalue weighted by atomic mass is 10.2. The molecule has 0 aliphatic heterocycles. The SMILES string of the molecule is O=C(c1ccccc1)N(Cc1cnc[nH]1)OCc1ccccc1. The minimum Gasteiger partial charge on any atom is -0.347 e. The van der Waals surface area contributed by atoms with Crippen LogP contribution >= 0.6 is 0 Å². The molecule has 0 spiro atoms. The van der Waals surface area contributed by atoms with E-state index in [0.717, 1.165) is 11.3 Å². The van der Waals surface area contributed by atoms with Gasteiger partial charge in [-0.25, -0.2) is 10.0 Å². The van der Waals surface area contributed by atoms with Gasteiger partial charge in [0.2, 0.25) is 0 Å². The van der Waals surface area contributed by atoms with E-state index in [0.29, 0.717) is 18.7 Å². The Kier molecular flexibility index (Phi) is 4.81.